The fourth-order valence-corrected chi connectivity index (χ4v) is 2.66. The Morgan fingerprint density at radius 1 is 1.39 bits per heavy atom. The quantitative estimate of drug-likeness (QED) is 0.827. The molecule has 1 aromatic rings. The molecule has 2 heterocycles. The third-order valence-corrected chi connectivity index (χ3v) is 3.86. The Morgan fingerprint density at radius 2 is 2.11 bits per heavy atom. The van der Waals surface area contributed by atoms with Gasteiger partial charge in [0.25, 0.3) is 5.91 Å². The number of amides is 1. The molecule has 0 saturated carbocycles. The molecule has 0 bridgehead atoms. The van der Waals surface area contributed by atoms with E-state index >= 15 is 0 Å². The number of likely N-dealkylation sites (tertiary alicyclic amines) is 1. The Hall–Kier alpha value is -1.58. The standard InChI is InChI=1S/C14H21N3O/c1-9-6-10(2)11(3)17(8-9)14(18)13-5-4-12(15)7-16-13/h4-5,7,9-11H,6,8,15H2,1-3H3. The lowest BCUT2D eigenvalue weighted by Gasteiger charge is -2.40. The maximum Gasteiger partial charge on any atom is 0.272 e. The highest BCUT2D eigenvalue weighted by Gasteiger charge is 2.32. The minimum absolute atomic E-state index is 0.0147. The van der Waals surface area contributed by atoms with E-state index in [0.717, 1.165) is 6.54 Å². The maximum absolute atomic E-state index is 12.4. The maximum atomic E-state index is 12.4. The van der Waals surface area contributed by atoms with E-state index in [1.807, 2.05) is 4.90 Å². The van der Waals surface area contributed by atoms with Crippen LogP contribution in [0, 0.1) is 11.8 Å². The summed E-state index contributed by atoms with van der Waals surface area (Å²) >= 11 is 0. The molecule has 1 saturated heterocycles. The molecule has 3 unspecified atom stereocenters. The van der Waals surface area contributed by atoms with Crippen LogP contribution in [-0.4, -0.2) is 28.4 Å². The number of hydrogen-bond acceptors (Lipinski definition) is 3. The number of carbonyl (C=O) groups is 1. The van der Waals surface area contributed by atoms with Gasteiger partial charge >= 0.3 is 0 Å². The summed E-state index contributed by atoms with van der Waals surface area (Å²) in [5.41, 5.74) is 6.66. The first-order valence-electron chi connectivity index (χ1n) is 6.51. The summed E-state index contributed by atoms with van der Waals surface area (Å²) in [5.74, 6) is 1.10. The van der Waals surface area contributed by atoms with Gasteiger partial charge < -0.3 is 10.6 Å². The van der Waals surface area contributed by atoms with Crippen molar-refractivity contribution < 1.29 is 4.79 Å². The Balaban J connectivity index is 2.19. The third kappa shape index (κ3) is 2.47. The molecule has 18 heavy (non-hydrogen) atoms. The van der Waals surface area contributed by atoms with Crippen molar-refractivity contribution in [1.29, 1.82) is 0 Å². The molecule has 2 N–H and O–H groups in total. The van der Waals surface area contributed by atoms with E-state index in [4.69, 9.17) is 5.73 Å². The Kier molecular flexibility index (Phi) is 3.55. The third-order valence-electron chi connectivity index (χ3n) is 3.86. The number of nitrogens with two attached hydrogens (primary N) is 1. The normalized spacial score (nSPS) is 28.2. The molecule has 0 aromatic carbocycles. The van der Waals surface area contributed by atoms with Gasteiger partial charge in [-0.3, -0.25) is 4.79 Å². The summed E-state index contributed by atoms with van der Waals surface area (Å²) in [4.78, 5) is 18.5. The highest BCUT2D eigenvalue weighted by molar-refractivity contribution is 5.92. The van der Waals surface area contributed by atoms with Crippen LogP contribution in [0.25, 0.3) is 0 Å². The summed E-state index contributed by atoms with van der Waals surface area (Å²) in [6, 6.07) is 3.70. The second kappa shape index (κ2) is 4.96. The van der Waals surface area contributed by atoms with Gasteiger partial charge in [-0.25, -0.2) is 4.98 Å². The molecule has 4 nitrogen and oxygen atoms in total. The van der Waals surface area contributed by atoms with Crippen LogP contribution in [0.5, 0.6) is 0 Å². The molecule has 1 amide bonds. The first-order chi connectivity index (χ1) is 8.49. The van der Waals surface area contributed by atoms with Crippen LogP contribution < -0.4 is 5.73 Å². The van der Waals surface area contributed by atoms with Crippen molar-refractivity contribution in [3.05, 3.63) is 24.0 Å². The highest BCUT2D eigenvalue weighted by Crippen LogP contribution is 2.27. The number of piperidine rings is 1. The van der Waals surface area contributed by atoms with Gasteiger partial charge in [0, 0.05) is 12.6 Å². The van der Waals surface area contributed by atoms with Gasteiger partial charge in [-0.1, -0.05) is 13.8 Å². The van der Waals surface area contributed by atoms with Crippen LogP contribution in [-0.2, 0) is 0 Å². The Bertz CT molecular complexity index is 429. The number of aromatic nitrogens is 1. The minimum Gasteiger partial charge on any atom is -0.397 e. The molecular formula is C14H21N3O. The van der Waals surface area contributed by atoms with Crippen molar-refractivity contribution >= 4 is 11.6 Å². The average Bonchev–Trinajstić information content (AvgIpc) is 2.34. The van der Waals surface area contributed by atoms with Gasteiger partial charge in [-0.2, -0.15) is 0 Å². The summed E-state index contributed by atoms with van der Waals surface area (Å²) in [6.07, 6.45) is 2.72. The number of carbonyl (C=O) groups excluding carboxylic acids is 1. The number of rotatable bonds is 1. The smallest absolute Gasteiger partial charge is 0.272 e. The van der Waals surface area contributed by atoms with Gasteiger partial charge in [0.05, 0.1) is 11.9 Å². The first-order valence-corrected chi connectivity index (χ1v) is 6.51. The van der Waals surface area contributed by atoms with Gasteiger partial charge in [0.15, 0.2) is 0 Å². The molecule has 1 aliphatic rings. The largest absolute Gasteiger partial charge is 0.397 e. The summed E-state index contributed by atoms with van der Waals surface area (Å²) in [7, 11) is 0. The van der Waals surface area contributed by atoms with E-state index in [9.17, 15) is 4.79 Å². The van der Waals surface area contributed by atoms with Crippen LogP contribution in [0.15, 0.2) is 18.3 Å². The fraction of sp³-hybridized carbons (Fsp3) is 0.571. The van der Waals surface area contributed by atoms with E-state index < -0.39 is 0 Å². The van der Waals surface area contributed by atoms with Crippen LogP contribution in [0.2, 0.25) is 0 Å². The molecule has 0 aliphatic carbocycles. The zero-order valence-corrected chi connectivity index (χ0v) is 11.3. The zero-order chi connectivity index (χ0) is 13.3. The van der Waals surface area contributed by atoms with E-state index in [0.29, 0.717) is 23.2 Å². The van der Waals surface area contributed by atoms with Crippen molar-refractivity contribution in [2.75, 3.05) is 12.3 Å². The second-order valence-electron chi connectivity index (χ2n) is 5.49. The molecule has 1 fully saturated rings. The number of anilines is 1. The predicted octanol–water partition coefficient (Wildman–Crippen LogP) is 2.17. The first kappa shape index (κ1) is 12.9. The molecule has 1 aliphatic heterocycles. The number of nitrogen functional groups attached to an aromatic ring is 1. The van der Waals surface area contributed by atoms with E-state index in [1.54, 1.807) is 12.1 Å². The lowest BCUT2D eigenvalue weighted by atomic mass is 9.86. The van der Waals surface area contributed by atoms with E-state index in [-0.39, 0.29) is 11.9 Å². The van der Waals surface area contributed by atoms with Crippen LogP contribution in [0.1, 0.15) is 37.7 Å². The van der Waals surface area contributed by atoms with Crippen LogP contribution in [0.4, 0.5) is 5.69 Å². The number of nitrogens with zero attached hydrogens (tertiary/aromatic N) is 2. The van der Waals surface area contributed by atoms with Crippen molar-refractivity contribution in [1.82, 2.24) is 9.88 Å². The molecule has 0 radical (unpaired) electrons. The lowest BCUT2D eigenvalue weighted by molar-refractivity contribution is 0.0450. The van der Waals surface area contributed by atoms with Crippen molar-refractivity contribution in [2.24, 2.45) is 11.8 Å². The van der Waals surface area contributed by atoms with Crippen LogP contribution in [0.3, 0.4) is 0 Å². The van der Waals surface area contributed by atoms with Crippen molar-refractivity contribution in [3.63, 3.8) is 0 Å². The minimum atomic E-state index is 0.0147. The van der Waals surface area contributed by atoms with Crippen molar-refractivity contribution in [2.45, 2.75) is 33.2 Å². The van der Waals surface area contributed by atoms with Gasteiger partial charge in [-0.05, 0) is 37.3 Å². The Morgan fingerprint density at radius 3 is 2.72 bits per heavy atom. The van der Waals surface area contributed by atoms with Gasteiger partial charge in [-0.15, -0.1) is 0 Å². The SMILES string of the molecule is CC1CC(C)C(C)N(C(=O)c2ccc(N)cn2)C1. The van der Waals surface area contributed by atoms with Gasteiger partial charge in [0.1, 0.15) is 5.69 Å². The molecule has 2 rings (SSSR count). The molecule has 3 atom stereocenters. The van der Waals surface area contributed by atoms with Crippen molar-refractivity contribution in [3.8, 4) is 0 Å². The molecule has 0 spiro atoms. The predicted molar refractivity (Wildman–Crippen MR) is 72.1 cm³/mol. The monoisotopic (exact) mass is 247 g/mol. The number of pyridine rings is 1. The Labute approximate surface area is 108 Å². The number of hydrogen-bond donors (Lipinski definition) is 1. The summed E-state index contributed by atoms with van der Waals surface area (Å²) in [5, 5.41) is 0. The summed E-state index contributed by atoms with van der Waals surface area (Å²) < 4.78 is 0. The van der Waals surface area contributed by atoms with E-state index in [1.165, 1.54) is 12.6 Å². The average molecular weight is 247 g/mol. The van der Waals surface area contributed by atoms with E-state index in [2.05, 4.69) is 25.8 Å². The molecule has 4 heteroatoms. The van der Waals surface area contributed by atoms with Gasteiger partial charge in [0.2, 0.25) is 0 Å². The lowest BCUT2D eigenvalue weighted by Crippen LogP contribution is -2.49. The second-order valence-corrected chi connectivity index (χ2v) is 5.49. The zero-order valence-electron chi connectivity index (χ0n) is 11.3. The summed E-state index contributed by atoms with van der Waals surface area (Å²) in [6.45, 7) is 7.33. The molecule has 1 aromatic heterocycles. The topological polar surface area (TPSA) is 59.2 Å². The highest BCUT2D eigenvalue weighted by atomic mass is 16.2. The molecular weight excluding hydrogens is 226 g/mol. The fourth-order valence-electron chi connectivity index (χ4n) is 2.66. The molecule has 98 valence electrons. The van der Waals surface area contributed by atoms with Crippen LogP contribution >= 0.6 is 0 Å².